The Morgan fingerprint density at radius 1 is 1.21 bits per heavy atom. The van der Waals surface area contributed by atoms with Crippen molar-refractivity contribution >= 4 is 17.6 Å². The van der Waals surface area contributed by atoms with E-state index in [9.17, 15) is 9.59 Å². The summed E-state index contributed by atoms with van der Waals surface area (Å²) in [7, 11) is 0. The Kier molecular flexibility index (Phi) is 6.02. The van der Waals surface area contributed by atoms with Crippen LogP contribution in [0.5, 0.6) is 0 Å². The Labute approximate surface area is 112 Å². The van der Waals surface area contributed by atoms with Crippen molar-refractivity contribution in [1.29, 1.82) is 0 Å². The van der Waals surface area contributed by atoms with Gasteiger partial charge in [-0.05, 0) is 38.0 Å². The number of carbonyl (C=O) groups is 2. The van der Waals surface area contributed by atoms with E-state index in [0.29, 0.717) is 6.61 Å². The predicted octanol–water partition coefficient (Wildman–Crippen LogP) is 1.82. The molecule has 0 aliphatic rings. The van der Waals surface area contributed by atoms with E-state index in [0.717, 1.165) is 16.8 Å². The quantitative estimate of drug-likeness (QED) is 0.797. The molecule has 19 heavy (non-hydrogen) atoms. The van der Waals surface area contributed by atoms with Crippen molar-refractivity contribution in [3.63, 3.8) is 0 Å². The van der Waals surface area contributed by atoms with E-state index in [2.05, 4.69) is 5.32 Å². The van der Waals surface area contributed by atoms with Crippen molar-refractivity contribution in [3.05, 3.63) is 29.3 Å². The van der Waals surface area contributed by atoms with Gasteiger partial charge in [-0.25, -0.2) is 4.79 Å². The SMILES string of the molecule is CCOCC(=O)OCC(=O)Nc1cc(C)ccc1C. The Hall–Kier alpha value is -1.88. The van der Waals surface area contributed by atoms with Gasteiger partial charge >= 0.3 is 5.97 Å². The van der Waals surface area contributed by atoms with Crippen LogP contribution < -0.4 is 5.32 Å². The number of amides is 1. The van der Waals surface area contributed by atoms with Crippen LogP contribution in [0.3, 0.4) is 0 Å². The standard InChI is InChI=1S/C14H19NO4/c1-4-18-9-14(17)19-8-13(16)15-12-7-10(2)5-6-11(12)3/h5-7H,4,8-9H2,1-3H3,(H,15,16). The van der Waals surface area contributed by atoms with Crippen molar-refractivity contribution in [2.45, 2.75) is 20.8 Å². The number of benzene rings is 1. The molecule has 0 aromatic heterocycles. The van der Waals surface area contributed by atoms with Crippen LogP contribution in [0.4, 0.5) is 5.69 Å². The average molecular weight is 265 g/mol. The third kappa shape index (κ3) is 5.52. The second kappa shape index (κ2) is 7.53. The number of esters is 1. The van der Waals surface area contributed by atoms with E-state index >= 15 is 0 Å². The first-order valence-corrected chi connectivity index (χ1v) is 6.13. The van der Waals surface area contributed by atoms with Crippen LogP contribution in [0.1, 0.15) is 18.1 Å². The summed E-state index contributed by atoms with van der Waals surface area (Å²) >= 11 is 0. The molecule has 104 valence electrons. The Bertz CT molecular complexity index is 457. The molecule has 0 unspecified atom stereocenters. The van der Waals surface area contributed by atoms with Gasteiger partial charge in [0.25, 0.3) is 5.91 Å². The van der Waals surface area contributed by atoms with E-state index in [4.69, 9.17) is 9.47 Å². The average Bonchev–Trinajstić information content (AvgIpc) is 2.38. The molecule has 5 heteroatoms. The molecule has 0 heterocycles. The fraction of sp³-hybridized carbons (Fsp3) is 0.429. The summed E-state index contributed by atoms with van der Waals surface area (Å²) < 4.78 is 9.65. The molecule has 0 aliphatic carbocycles. The number of ether oxygens (including phenoxy) is 2. The van der Waals surface area contributed by atoms with Gasteiger partial charge in [-0.3, -0.25) is 4.79 Å². The van der Waals surface area contributed by atoms with Gasteiger partial charge in [-0.1, -0.05) is 12.1 Å². The number of carbonyl (C=O) groups excluding carboxylic acids is 2. The summed E-state index contributed by atoms with van der Waals surface area (Å²) in [5.41, 5.74) is 2.74. The molecule has 0 fully saturated rings. The topological polar surface area (TPSA) is 64.6 Å². The lowest BCUT2D eigenvalue weighted by Gasteiger charge is -2.09. The molecule has 1 amide bonds. The van der Waals surface area contributed by atoms with Crippen LogP contribution in [-0.2, 0) is 19.1 Å². The lowest BCUT2D eigenvalue weighted by Crippen LogP contribution is -2.23. The van der Waals surface area contributed by atoms with Crippen LogP contribution in [-0.4, -0.2) is 31.7 Å². The van der Waals surface area contributed by atoms with E-state index in [-0.39, 0.29) is 19.1 Å². The van der Waals surface area contributed by atoms with Crippen LogP contribution in [0.2, 0.25) is 0 Å². The zero-order valence-corrected chi connectivity index (χ0v) is 11.5. The highest BCUT2D eigenvalue weighted by molar-refractivity contribution is 5.93. The molecule has 5 nitrogen and oxygen atoms in total. The highest BCUT2D eigenvalue weighted by Crippen LogP contribution is 2.16. The molecule has 1 aromatic carbocycles. The lowest BCUT2D eigenvalue weighted by atomic mass is 10.1. The summed E-state index contributed by atoms with van der Waals surface area (Å²) in [6.07, 6.45) is 0. The highest BCUT2D eigenvalue weighted by Gasteiger charge is 2.09. The Balaban J connectivity index is 2.43. The largest absolute Gasteiger partial charge is 0.454 e. The van der Waals surface area contributed by atoms with Gasteiger partial charge in [-0.2, -0.15) is 0 Å². The molecular formula is C14H19NO4. The minimum Gasteiger partial charge on any atom is -0.454 e. The monoisotopic (exact) mass is 265 g/mol. The number of aryl methyl sites for hydroxylation is 2. The van der Waals surface area contributed by atoms with Gasteiger partial charge in [0.15, 0.2) is 6.61 Å². The second-order valence-corrected chi connectivity index (χ2v) is 4.16. The molecular weight excluding hydrogens is 246 g/mol. The third-order valence-electron chi connectivity index (χ3n) is 2.46. The zero-order valence-electron chi connectivity index (χ0n) is 11.5. The normalized spacial score (nSPS) is 10.1. The van der Waals surface area contributed by atoms with Gasteiger partial charge in [0.1, 0.15) is 6.61 Å². The van der Waals surface area contributed by atoms with Crippen molar-refractivity contribution < 1.29 is 19.1 Å². The molecule has 0 radical (unpaired) electrons. The van der Waals surface area contributed by atoms with E-state index in [1.54, 1.807) is 6.92 Å². The van der Waals surface area contributed by atoms with Crippen molar-refractivity contribution in [3.8, 4) is 0 Å². The van der Waals surface area contributed by atoms with Crippen LogP contribution in [0, 0.1) is 13.8 Å². The number of anilines is 1. The summed E-state index contributed by atoms with van der Waals surface area (Å²) in [4.78, 5) is 22.8. The molecule has 1 aromatic rings. The Morgan fingerprint density at radius 3 is 2.63 bits per heavy atom. The fourth-order valence-corrected chi connectivity index (χ4v) is 1.43. The van der Waals surface area contributed by atoms with E-state index in [1.807, 2.05) is 32.0 Å². The predicted molar refractivity (Wildman–Crippen MR) is 72.0 cm³/mol. The Morgan fingerprint density at radius 2 is 1.95 bits per heavy atom. The van der Waals surface area contributed by atoms with E-state index in [1.165, 1.54) is 0 Å². The molecule has 0 aliphatic heterocycles. The summed E-state index contributed by atoms with van der Waals surface area (Å²) in [5, 5.41) is 2.71. The van der Waals surface area contributed by atoms with Gasteiger partial charge in [0.2, 0.25) is 0 Å². The number of nitrogens with one attached hydrogen (secondary N) is 1. The van der Waals surface area contributed by atoms with Gasteiger partial charge in [0, 0.05) is 12.3 Å². The number of hydrogen-bond donors (Lipinski definition) is 1. The van der Waals surface area contributed by atoms with Gasteiger partial charge in [0.05, 0.1) is 0 Å². The molecule has 0 bridgehead atoms. The van der Waals surface area contributed by atoms with Gasteiger partial charge in [-0.15, -0.1) is 0 Å². The zero-order chi connectivity index (χ0) is 14.3. The maximum absolute atomic E-state index is 11.6. The molecule has 1 N–H and O–H groups in total. The molecule has 0 saturated heterocycles. The molecule has 0 spiro atoms. The maximum Gasteiger partial charge on any atom is 0.332 e. The first kappa shape index (κ1) is 15.2. The number of rotatable bonds is 6. The van der Waals surface area contributed by atoms with Crippen LogP contribution in [0.15, 0.2) is 18.2 Å². The minimum atomic E-state index is -0.544. The summed E-state index contributed by atoms with van der Waals surface area (Å²) in [6, 6.07) is 5.76. The first-order chi connectivity index (χ1) is 9.02. The third-order valence-corrected chi connectivity index (χ3v) is 2.46. The summed E-state index contributed by atoms with van der Waals surface area (Å²) in [5.74, 6) is -0.906. The van der Waals surface area contributed by atoms with Gasteiger partial charge < -0.3 is 14.8 Å². The molecule has 0 atom stereocenters. The summed E-state index contributed by atoms with van der Waals surface area (Å²) in [6.45, 7) is 5.62. The fourth-order valence-electron chi connectivity index (χ4n) is 1.43. The van der Waals surface area contributed by atoms with Crippen molar-refractivity contribution in [2.24, 2.45) is 0 Å². The second-order valence-electron chi connectivity index (χ2n) is 4.16. The van der Waals surface area contributed by atoms with Crippen molar-refractivity contribution in [1.82, 2.24) is 0 Å². The van der Waals surface area contributed by atoms with Crippen LogP contribution >= 0.6 is 0 Å². The first-order valence-electron chi connectivity index (χ1n) is 6.13. The lowest BCUT2D eigenvalue weighted by molar-refractivity contribution is -0.151. The smallest absolute Gasteiger partial charge is 0.332 e. The van der Waals surface area contributed by atoms with Crippen molar-refractivity contribution in [2.75, 3.05) is 25.1 Å². The number of hydrogen-bond acceptors (Lipinski definition) is 4. The van der Waals surface area contributed by atoms with Crippen LogP contribution in [0.25, 0.3) is 0 Å². The minimum absolute atomic E-state index is 0.132. The molecule has 1 rings (SSSR count). The maximum atomic E-state index is 11.6. The molecule has 0 saturated carbocycles. The van der Waals surface area contributed by atoms with E-state index < -0.39 is 5.97 Å². The highest BCUT2D eigenvalue weighted by atomic mass is 16.6.